The third-order valence-electron chi connectivity index (χ3n) is 6.98. The van der Waals surface area contributed by atoms with Crippen molar-refractivity contribution in [3.8, 4) is 0 Å². The lowest BCUT2D eigenvalue weighted by atomic mass is 9.92. The molecule has 3 heterocycles. The molecule has 0 spiro atoms. The van der Waals surface area contributed by atoms with Gasteiger partial charge in [-0.05, 0) is 56.7 Å². The molecule has 3 aliphatic rings. The van der Waals surface area contributed by atoms with Crippen LogP contribution in [-0.4, -0.2) is 53.1 Å². The smallest absolute Gasteiger partial charge is 0.326 e. The molecule has 5 N–H and O–H groups in total. The van der Waals surface area contributed by atoms with Gasteiger partial charge >= 0.3 is 6.03 Å². The Labute approximate surface area is 223 Å². The average Bonchev–Trinajstić information content (AvgIpc) is 3.53. The monoisotopic (exact) mass is 554 g/mol. The standard InChI is InChI=1S/C25H27FN8O4S/c26-18-3-1-2-4-20(18)39(37,38)33-17-9-7-15(8-10-17)28-21-12-22(29-16-5-6-16)34-23(31-21)14(13-27-34)11-19-24(35)32-25(36)30-19/h1-4,11-13,15-17,29,33H,5-10H2,(H,28,31)(H2,30,32,35,36)/b19-11-/t15-,17-. The maximum Gasteiger partial charge on any atom is 0.326 e. The summed E-state index contributed by atoms with van der Waals surface area (Å²) in [4.78, 5) is 27.9. The zero-order chi connectivity index (χ0) is 27.1. The lowest BCUT2D eigenvalue weighted by molar-refractivity contribution is -0.115. The molecule has 1 aliphatic heterocycles. The minimum atomic E-state index is -3.95. The second-order valence-corrected chi connectivity index (χ2v) is 11.7. The number of rotatable bonds is 8. The fraction of sp³-hybridized carbons (Fsp3) is 0.360. The number of hydrogen-bond donors (Lipinski definition) is 5. The van der Waals surface area contributed by atoms with Gasteiger partial charge in [0.2, 0.25) is 10.0 Å². The predicted octanol–water partition coefficient (Wildman–Crippen LogP) is 2.32. The summed E-state index contributed by atoms with van der Waals surface area (Å²) in [7, 11) is -3.95. The van der Waals surface area contributed by atoms with Crippen molar-refractivity contribution in [3.63, 3.8) is 0 Å². The van der Waals surface area contributed by atoms with Gasteiger partial charge in [-0.3, -0.25) is 10.1 Å². The number of urea groups is 1. The van der Waals surface area contributed by atoms with Gasteiger partial charge in [-0.15, -0.1) is 0 Å². The van der Waals surface area contributed by atoms with Gasteiger partial charge in [0, 0.05) is 29.8 Å². The number of carbonyl (C=O) groups is 2. The Morgan fingerprint density at radius 1 is 0.974 bits per heavy atom. The highest BCUT2D eigenvalue weighted by Crippen LogP contribution is 2.29. The molecular weight excluding hydrogens is 527 g/mol. The molecule has 2 aromatic heterocycles. The molecule has 204 valence electrons. The molecule has 0 bridgehead atoms. The van der Waals surface area contributed by atoms with Gasteiger partial charge in [0.05, 0.1) is 6.20 Å². The normalized spacial score (nSPS) is 22.6. The number of carbonyl (C=O) groups excluding carboxylic acids is 2. The topological polar surface area (TPSA) is 159 Å². The van der Waals surface area contributed by atoms with Crippen molar-refractivity contribution in [1.82, 2.24) is 30.0 Å². The molecule has 3 aromatic rings. The molecule has 1 saturated heterocycles. The number of amides is 3. The molecule has 3 fully saturated rings. The highest BCUT2D eigenvalue weighted by atomic mass is 32.2. The highest BCUT2D eigenvalue weighted by Gasteiger charge is 2.29. The Morgan fingerprint density at radius 2 is 1.67 bits per heavy atom. The van der Waals surface area contributed by atoms with Gasteiger partial charge in [-0.25, -0.2) is 27.3 Å². The first kappa shape index (κ1) is 25.2. The van der Waals surface area contributed by atoms with Crippen LogP contribution < -0.4 is 26.0 Å². The molecule has 0 radical (unpaired) electrons. The summed E-state index contributed by atoms with van der Waals surface area (Å²) < 4.78 is 43.7. The Morgan fingerprint density at radius 3 is 2.36 bits per heavy atom. The zero-order valence-electron chi connectivity index (χ0n) is 20.8. The Hall–Kier alpha value is -4.04. The molecule has 3 amide bonds. The van der Waals surface area contributed by atoms with E-state index in [9.17, 15) is 22.4 Å². The lowest BCUT2D eigenvalue weighted by Gasteiger charge is -2.30. The Kier molecular flexibility index (Phi) is 6.43. The summed E-state index contributed by atoms with van der Waals surface area (Å²) in [5.74, 6) is 0.0672. The second-order valence-electron chi connectivity index (χ2n) is 9.99. The lowest BCUT2D eigenvalue weighted by Crippen LogP contribution is -2.40. The third-order valence-corrected chi connectivity index (χ3v) is 8.53. The van der Waals surface area contributed by atoms with Crippen molar-refractivity contribution < 1.29 is 22.4 Å². The van der Waals surface area contributed by atoms with Crippen LogP contribution in [0.1, 0.15) is 44.1 Å². The fourth-order valence-corrected chi connectivity index (χ4v) is 6.23. The molecule has 12 nitrogen and oxygen atoms in total. The van der Waals surface area contributed by atoms with E-state index in [4.69, 9.17) is 4.98 Å². The molecule has 2 saturated carbocycles. The van der Waals surface area contributed by atoms with Gasteiger partial charge in [-0.2, -0.15) is 9.61 Å². The molecule has 2 aliphatic carbocycles. The maximum atomic E-state index is 14.0. The van der Waals surface area contributed by atoms with Crippen LogP contribution in [0.25, 0.3) is 11.7 Å². The van der Waals surface area contributed by atoms with Crippen LogP contribution in [0.5, 0.6) is 0 Å². The summed E-state index contributed by atoms with van der Waals surface area (Å²) in [6.07, 6.45) is 7.78. The van der Waals surface area contributed by atoms with Crippen molar-refractivity contribution in [2.75, 3.05) is 10.6 Å². The van der Waals surface area contributed by atoms with Crippen LogP contribution in [0.3, 0.4) is 0 Å². The van der Waals surface area contributed by atoms with E-state index in [1.165, 1.54) is 24.3 Å². The molecule has 0 unspecified atom stereocenters. The van der Waals surface area contributed by atoms with Crippen molar-refractivity contribution in [2.45, 2.75) is 61.5 Å². The zero-order valence-corrected chi connectivity index (χ0v) is 21.6. The van der Waals surface area contributed by atoms with Gasteiger partial charge < -0.3 is 16.0 Å². The first-order valence-electron chi connectivity index (χ1n) is 12.8. The number of nitrogens with one attached hydrogen (secondary N) is 5. The number of imide groups is 1. The van der Waals surface area contributed by atoms with Crippen LogP contribution in [0.4, 0.5) is 20.8 Å². The van der Waals surface area contributed by atoms with Crippen LogP contribution in [0.2, 0.25) is 0 Å². The van der Waals surface area contributed by atoms with E-state index in [0.29, 0.717) is 48.8 Å². The first-order chi connectivity index (χ1) is 18.7. The van der Waals surface area contributed by atoms with Crippen molar-refractivity contribution in [2.24, 2.45) is 0 Å². The number of hydrogen-bond acceptors (Lipinski definition) is 8. The molecule has 39 heavy (non-hydrogen) atoms. The average molecular weight is 555 g/mol. The number of benzene rings is 1. The first-order valence-corrected chi connectivity index (χ1v) is 14.3. The Balaban J connectivity index is 1.18. The van der Waals surface area contributed by atoms with Crippen LogP contribution in [-0.2, 0) is 14.8 Å². The highest BCUT2D eigenvalue weighted by molar-refractivity contribution is 7.89. The molecule has 1 aromatic carbocycles. The third kappa shape index (κ3) is 5.43. The van der Waals surface area contributed by atoms with E-state index >= 15 is 0 Å². The summed E-state index contributed by atoms with van der Waals surface area (Å²) in [6, 6.07) is 6.74. The number of sulfonamides is 1. The molecule has 14 heteroatoms. The van der Waals surface area contributed by atoms with Crippen LogP contribution in [0, 0.1) is 5.82 Å². The number of nitrogens with zero attached hydrogens (tertiary/aromatic N) is 3. The molecule has 6 rings (SSSR count). The van der Waals surface area contributed by atoms with Gasteiger partial charge in [0.1, 0.15) is 28.0 Å². The number of fused-ring (bicyclic) bond motifs is 1. The van der Waals surface area contributed by atoms with Gasteiger partial charge in [-0.1, -0.05) is 12.1 Å². The SMILES string of the molecule is O=C1NC(=O)/C(=C/c2cnn3c(NC4CC4)cc(N[C@H]4CC[C@H](NS(=O)(=O)c5ccccc5F)CC4)nc23)N1. The number of anilines is 2. The minimum absolute atomic E-state index is 0.0487. The van der Waals surface area contributed by atoms with E-state index in [0.717, 1.165) is 24.7 Å². The van der Waals surface area contributed by atoms with Crippen molar-refractivity contribution >= 4 is 45.3 Å². The van der Waals surface area contributed by atoms with Gasteiger partial charge in [0.25, 0.3) is 5.91 Å². The Bertz CT molecular complexity index is 1590. The predicted molar refractivity (Wildman–Crippen MR) is 141 cm³/mol. The van der Waals surface area contributed by atoms with E-state index in [1.54, 1.807) is 10.7 Å². The summed E-state index contributed by atoms with van der Waals surface area (Å²) in [5.41, 5.74) is 1.19. The fourth-order valence-electron chi connectivity index (χ4n) is 4.84. The molecular formula is C25H27FN8O4S. The van der Waals surface area contributed by atoms with E-state index < -0.39 is 27.8 Å². The van der Waals surface area contributed by atoms with E-state index in [2.05, 4.69) is 31.1 Å². The molecule has 0 atom stereocenters. The minimum Gasteiger partial charge on any atom is -0.367 e. The maximum absolute atomic E-state index is 14.0. The quantitative estimate of drug-likeness (QED) is 0.210. The van der Waals surface area contributed by atoms with E-state index in [-0.39, 0.29) is 22.7 Å². The van der Waals surface area contributed by atoms with Crippen molar-refractivity contribution in [1.29, 1.82) is 0 Å². The van der Waals surface area contributed by atoms with Crippen molar-refractivity contribution in [3.05, 3.63) is 53.6 Å². The number of aromatic nitrogens is 3. The van der Waals surface area contributed by atoms with E-state index in [1.807, 2.05) is 6.07 Å². The van der Waals surface area contributed by atoms with Crippen LogP contribution >= 0.6 is 0 Å². The largest absolute Gasteiger partial charge is 0.367 e. The van der Waals surface area contributed by atoms with Gasteiger partial charge in [0.15, 0.2) is 5.65 Å². The summed E-state index contributed by atoms with van der Waals surface area (Å²) >= 11 is 0. The number of halogens is 1. The summed E-state index contributed by atoms with van der Waals surface area (Å²) in [6.45, 7) is 0. The summed E-state index contributed by atoms with van der Waals surface area (Å²) in [5, 5.41) is 16.0. The van der Waals surface area contributed by atoms with Crippen LogP contribution in [0.15, 0.2) is 47.1 Å². The second kappa shape index (κ2) is 9.93.